The third-order valence-corrected chi connectivity index (χ3v) is 13.8. The Kier molecular flexibility index (Phi) is 53.0. The van der Waals surface area contributed by atoms with E-state index in [1.165, 1.54) is 238 Å². The molecule has 0 aliphatic rings. The van der Waals surface area contributed by atoms with Gasteiger partial charge in [-0.1, -0.05) is 304 Å². The number of hydrogen-bond acceptors (Lipinski definition) is 6. The van der Waals surface area contributed by atoms with Crippen molar-refractivity contribution in [3.05, 3.63) is 0 Å². The van der Waals surface area contributed by atoms with Crippen molar-refractivity contribution < 1.29 is 28.6 Å². The van der Waals surface area contributed by atoms with Crippen LogP contribution < -0.4 is 0 Å². The van der Waals surface area contributed by atoms with Crippen LogP contribution in [0.4, 0.5) is 0 Å². The molecule has 0 radical (unpaired) electrons. The van der Waals surface area contributed by atoms with Crippen molar-refractivity contribution in [1.29, 1.82) is 0 Å². The third-order valence-electron chi connectivity index (χ3n) is 13.8. The molecule has 0 unspecified atom stereocenters. The summed E-state index contributed by atoms with van der Waals surface area (Å²) in [6.07, 6.45) is 59.5. The maximum Gasteiger partial charge on any atom is 0.306 e. The monoisotopic (exact) mass is 933 g/mol. The third kappa shape index (κ3) is 53.4. The molecule has 0 saturated heterocycles. The van der Waals surface area contributed by atoms with Crippen molar-refractivity contribution in [3.63, 3.8) is 0 Å². The van der Waals surface area contributed by atoms with E-state index in [0.29, 0.717) is 19.3 Å². The molecule has 6 nitrogen and oxygen atoms in total. The van der Waals surface area contributed by atoms with Crippen molar-refractivity contribution in [2.45, 2.75) is 348 Å². The van der Waals surface area contributed by atoms with Gasteiger partial charge in [-0.25, -0.2) is 0 Å². The van der Waals surface area contributed by atoms with Crippen molar-refractivity contribution in [3.8, 4) is 0 Å². The maximum atomic E-state index is 12.9. The highest BCUT2D eigenvalue weighted by molar-refractivity contribution is 5.71. The van der Waals surface area contributed by atoms with E-state index < -0.39 is 6.10 Å². The van der Waals surface area contributed by atoms with Crippen LogP contribution in [-0.2, 0) is 28.6 Å². The van der Waals surface area contributed by atoms with Crippen LogP contribution in [0.5, 0.6) is 0 Å². The smallest absolute Gasteiger partial charge is 0.306 e. The molecule has 0 amide bonds. The topological polar surface area (TPSA) is 78.9 Å². The Morgan fingerprint density at radius 2 is 0.500 bits per heavy atom. The number of carbonyl (C=O) groups is 3. The van der Waals surface area contributed by atoms with Gasteiger partial charge in [0.25, 0.3) is 0 Å². The Labute approximate surface area is 412 Å². The first kappa shape index (κ1) is 64.4. The molecule has 1 atom stereocenters. The van der Waals surface area contributed by atoms with Crippen LogP contribution in [0, 0.1) is 5.92 Å². The molecule has 0 spiro atoms. The molecule has 0 saturated carbocycles. The summed E-state index contributed by atoms with van der Waals surface area (Å²) in [6, 6.07) is 0. The van der Waals surface area contributed by atoms with Crippen molar-refractivity contribution in [1.82, 2.24) is 0 Å². The second-order valence-corrected chi connectivity index (χ2v) is 21.1. The second kappa shape index (κ2) is 54.4. The molecular formula is C60H116O6. The van der Waals surface area contributed by atoms with Gasteiger partial charge in [0.15, 0.2) is 6.10 Å². The van der Waals surface area contributed by atoms with Crippen molar-refractivity contribution in [2.75, 3.05) is 13.2 Å². The predicted octanol–water partition coefficient (Wildman–Crippen LogP) is 19.8. The minimum absolute atomic E-state index is 0.0616. The second-order valence-electron chi connectivity index (χ2n) is 21.1. The summed E-state index contributed by atoms with van der Waals surface area (Å²) < 4.78 is 16.9. The Morgan fingerprint density at radius 3 is 0.742 bits per heavy atom. The van der Waals surface area contributed by atoms with E-state index >= 15 is 0 Å². The molecule has 66 heavy (non-hydrogen) atoms. The zero-order valence-electron chi connectivity index (χ0n) is 45.2. The standard InChI is InChI=1S/C60H116O6/c1-5-7-9-11-13-15-17-19-21-22-23-29-33-37-41-45-49-53-60(63)66-57(54-64-58(61)51-47-43-39-35-31-27-20-18-16-14-12-10-8-6-2)55-65-59(62)52-48-44-40-36-32-28-25-24-26-30-34-38-42-46-50-56(3)4/h56-57H,5-55H2,1-4H3/t57-/m1/s1. The molecule has 0 bridgehead atoms. The fourth-order valence-corrected chi connectivity index (χ4v) is 9.28. The molecule has 0 fully saturated rings. The van der Waals surface area contributed by atoms with Crippen molar-refractivity contribution >= 4 is 17.9 Å². The fraction of sp³-hybridized carbons (Fsp3) is 0.950. The number of ether oxygens (including phenoxy) is 3. The minimum atomic E-state index is -0.762. The lowest BCUT2D eigenvalue weighted by atomic mass is 10.0. The van der Waals surface area contributed by atoms with E-state index in [9.17, 15) is 14.4 Å². The van der Waals surface area contributed by atoms with Crippen LogP contribution in [0.25, 0.3) is 0 Å². The van der Waals surface area contributed by atoms with Gasteiger partial charge >= 0.3 is 17.9 Å². The predicted molar refractivity (Wildman–Crippen MR) is 284 cm³/mol. The lowest BCUT2D eigenvalue weighted by molar-refractivity contribution is -0.167. The quantitative estimate of drug-likeness (QED) is 0.0343. The highest BCUT2D eigenvalue weighted by Gasteiger charge is 2.19. The maximum absolute atomic E-state index is 12.9. The largest absolute Gasteiger partial charge is 0.462 e. The zero-order chi connectivity index (χ0) is 48.1. The van der Waals surface area contributed by atoms with Crippen LogP contribution in [0.3, 0.4) is 0 Å². The van der Waals surface area contributed by atoms with Gasteiger partial charge in [-0.15, -0.1) is 0 Å². The number of rotatable bonds is 55. The van der Waals surface area contributed by atoms with Crippen LogP contribution >= 0.6 is 0 Å². The first-order chi connectivity index (χ1) is 32.4. The molecule has 0 aromatic rings. The number of hydrogen-bond donors (Lipinski definition) is 0. The van der Waals surface area contributed by atoms with Crippen LogP contribution in [0.2, 0.25) is 0 Å². The molecule has 0 aliphatic heterocycles. The highest BCUT2D eigenvalue weighted by Crippen LogP contribution is 2.18. The number of carbonyl (C=O) groups excluding carboxylic acids is 3. The molecular weight excluding hydrogens is 817 g/mol. The molecule has 0 aromatic heterocycles. The number of esters is 3. The van der Waals surface area contributed by atoms with Crippen LogP contribution in [0.15, 0.2) is 0 Å². The molecule has 0 heterocycles. The van der Waals surface area contributed by atoms with Gasteiger partial charge in [0.2, 0.25) is 0 Å². The first-order valence-corrected chi connectivity index (χ1v) is 29.9. The van der Waals surface area contributed by atoms with E-state index in [0.717, 1.165) is 63.7 Å². The fourth-order valence-electron chi connectivity index (χ4n) is 9.28. The van der Waals surface area contributed by atoms with Gasteiger partial charge in [-0.3, -0.25) is 14.4 Å². The summed E-state index contributed by atoms with van der Waals surface area (Å²) >= 11 is 0. The lowest BCUT2D eigenvalue weighted by Crippen LogP contribution is -2.30. The average molecular weight is 934 g/mol. The lowest BCUT2D eigenvalue weighted by Gasteiger charge is -2.18. The summed E-state index contributed by atoms with van der Waals surface area (Å²) in [5, 5.41) is 0. The Balaban J connectivity index is 4.29. The molecule has 392 valence electrons. The molecule has 0 aliphatic carbocycles. The van der Waals surface area contributed by atoms with E-state index in [1.54, 1.807) is 0 Å². The summed E-state index contributed by atoms with van der Waals surface area (Å²) in [7, 11) is 0. The average Bonchev–Trinajstić information content (AvgIpc) is 3.30. The first-order valence-electron chi connectivity index (χ1n) is 29.9. The van der Waals surface area contributed by atoms with E-state index in [4.69, 9.17) is 14.2 Å². The van der Waals surface area contributed by atoms with Crippen LogP contribution in [-0.4, -0.2) is 37.2 Å². The van der Waals surface area contributed by atoms with Gasteiger partial charge in [-0.05, 0) is 25.2 Å². The zero-order valence-corrected chi connectivity index (χ0v) is 45.2. The molecule has 0 aromatic carbocycles. The normalized spacial score (nSPS) is 12.0. The summed E-state index contributed by atoms with van der Waals surface area (Å²) in [5.74, 6) is 0.0127. The minimum Gasteiger partial charge on any atom is -0.462 e. The summed E-state index contributed by atoms with van der Waals surface area (Å²) in [4.78, 5) is 38.2. The Bertz CT molecular complexity index is 996. The SMILES string of the molecule is CCCCCCCCCCCCCCCCCCCC(=O)O[C@H](COC(=O)CCCCCCCCCCCCCCCC)COC(=O)CCCCCCCCCCCCCCCCC(C)C. The summed E-state index contributed by atoms with van der Waals surface area (Å²) in [5.41, 5.74) is 0. The Morgan fingerprint density at radius 1 is 0.288 bits per heavy atom. The summed E-state index contributed by atoms with van der Waals surface area (Å²) in [6.45, 7) is 9.08. The highest BCUT2D eigenvalue weighted by atomic mass is 16.6. The van der Waals surface area contributed by atoms with E-state index in [2.05, 4.69) is 27.7 Å². The molecule has 6 heteroatoms. The van der Waals surface area contributed by atoms with Gasteiger partial charge in [0.05, 0.1) is 0 Å². The van der Waals surface area contributed by atoms with Gasteiger partial charge in [0, 0.05) is 19.3 Å². The van der Waals surface area contributed by atoms with Gasteiger partial charge in [0.1, 0.15) is 13.2 Å². The number of unbranched alkanes of at least 4 members (excludes halogenated alkanes) is 42. The van der Waals surface area contributed by atoms with E-state index in [-0.39, 0.29) is 31.1 Å². The van der Waals surface area contributed by atoms with Gasteiger partial charge < -0.3 is 14.2 Å². The van der Waals surface area contributed by atoms with Crippen LogP contribution in [0.1, 0.15) is 342 Å². The van der Waals surface area contributed by atoms with Gasteiger partial charge in [-0.2, -0.15) is 0 Å². The van der Waals surface area contributed by atoms with E-state index in [1.807, 2.05) is 0 Å². The Hall–Kier alpha value is -1.59. The van der Waals surface area contributed by atoms with Crippen molar-refractivity contribution in [2.24, 2.45) is 5.92 Å². The molecule has 0 rings (SSSR count). The molecule has 0 N–H and O–H groups in total.